The van der Waals surface area contributed by atoms with Gasteiger partial charge in [-0.25, -0.2) is 0 Å². The van der Waals surface area contributed by atoms with E-state index in [1.165, 1.54) is 0 Å². The average Bonchev–Trinajstić information content (AvgIpc) is 3.01. The second-order valence-corrected chi connectivity index (χ2v) is 14.9. The zero-order chi connectivity index (χ0) is 20.3. The molecule has 3 atom stereocenters. The molecule has 1 rings (SSSR count). The van der Waals surface area contributed by atoms with Crippen molar-refractivity contribution in [3.63, 3.8) is 0 Å². The molecule has 1 aliphatic rings. The molecule has 158 valence electrons. The van der Waals surface area contributed by atoms with Crippen molar-refractivity contribution in [2.75, 3.05) is 35.4 Å². The lowest BCUT2D eigenvalue weighted by Crippen LogP contribution is -2.44. The largest absolute Gasteiger partial charge is 0.318 e. The summed E-state index contributed by atoms with van der Waals surface area (Å²) < 4.78 is 0.269. The number of nitrogens with zero attached hydrogens (tertiary/aromatic N) is 1. The zero-order valence-electron chi connectivity index (χ0n) is 16.8. The Balaban J connectivity index is 2.43. The van der Waals surface area contributed by atoms with Crippen LogP contribution in [0.25, 0.3) is 0 Å². The van der Waals surface area contributed by atoms with Crippen LogP contribution in [-0.4, -0.2) is 68.9 Å². The van der Waals surface area contributed by atoms with Gasteiger partial charge in [-0.3, -0.25) is 14.9 Å². The maximum atomic E-state index is 12.7. The molecule has 0 saturated carbocycles. The smallest absolute Gasteiger partial charge is 0.242 e. The van der Waals surface area contributed by atoms with Gasteiger partial charge in [-0.15, -0.1) is 0 Å². The van der Waals surface area contributed by atoms with Crippen molar-refractivity contribution >= 4 is 76.5 Å². The third kappa shape index (κ3) is 9.26. The van der Waals surface area contributed by atoms with Crippen LogP contribution >= 0.6 is 64.8 Å². The fourth-order valence-electron chi connectivity index (χ4n) is 2.26. The highest BCUT2D eigenvalue weighted by Crippen LogP contribution is 2.42. The van der Waals surface area contributed by atoms with Gasteiger partial charge < -0.3 is 4.90 Å². The Bertz CT molecular complexity index is 471. The first-order valence-corrected chi connectivity index (χ1v) is 16.5. The summed E-state index contributed by atoms with van der Waals surface area (Å²) in [6, 6.07) is -0.499. The number of hydrogen-bond donors (Lipinski definition) is 1. The number of Topliss-reactive ketones (excluding diaryl/α,β-unsaturated/α-hetero) is 1. The SMILES string of the molecule is CCSSCC(C(C)=O)N1CNC(CSSCC(C)(CC)SSCC)C1=O. The second kappa shape index (κ2) is 14.2. The van der Waals surface area contributed by atoms with Crippen LogP contribution < -0.4 is 5.32 Å². The van der Waals surface area contributed by atoms with Gasteiger partial charge in [0.15, 0.2) is 5.78 Å². The molecule has 0 spiro atoms. The third-order valence-corrected chi connectivity index (χ3v) is 12.9. The molecule has 27 heavy (non-hydrogen) atoms. The molecule has 1 fully saturated rings. The van der Waals surface area contributed by atoms with E-state index >= 15 is 0 Å². The number of nitrogens with one attached hydrogen (secondary N) is 1. The molecule has 1 saturated heterocycles. The first-order chi connectivity index (χ1) is 12.9. The molecule has 1 aliphatic heterocycles. The van der Waals surface area contributed by atoms with Crippen LogP contribution in [0.2, 0.25) is 0 Å². The van der Waals surface area contributed by atoms with Crippen LogP contribution in [-0.2, 0) is 9.59 Å². The standard InChI is InChI=1S/C17H32N2O2S6/c1-6-17(5,27-23-8-3)11-26-24-9-14-16(21)19(12-18-14)15(13(4)20)10-25-22-7-2/h14-15,18H,6-12H2,1-5H3. The van der Waals surface area contributed by atoms with E-state index in [9.17, 15) is 9.59 Å². The van der Waals surface area contributed by atoms with Gasteiger partial charge in [0.1, 0.15) is 6.04 Å². The highest BCUT2D eigenvalue weighted by Gasteiger charge is 2.37. The Morgan fingerprint density at radius 1 is 1.19 bits per heavy atom. The summed E-state index contributed by atoms with van der Waals surface area (Å²) in [5, 5.41) is 3.29. The van der Waals surface area contributed by atoms with Gasteiger partial charge in [0.2, 0.25) is 5.91 Å². The van der Waals surface area contributed by atoms with Crippen molar-refractivity contribution in [2.45, 2.75) is 57.9 Å². The Morgan fingerprint density at radius 3 is 2.48 bits per heavy atom. The molecule has 0 radical (unpaired) electrons. The zero-order valence-corrected chi connectivity index (χ0v) is 21.7. The van der Waals surface area contributed by atoms with Gasteiger partial charge in [0.05, 0.1) is 12.7 Å². The van der Waals surface area contributed by atoms with Crippen molar-refractivity contribution in [3.05, 3.63) is 0 Å². The van der Waals surface area contributed by atoms with Crippen molar-refractivity contribution in [1.29, 1.82) is 0 Å². The van der Waals surface area contributed by atoms with Crippen LogP contribution in [0.3, 0.4) is 0 Å². The highest BCUT2D eigenvalue weighted by molar-refractivity contribution is 8.78. The number of carbonyl (C=O) groups is 2. The summed E-state index contributed by atoms with van der Waals surface area (Å²) in [5.74, 6) is 4.74. The molecule has 10 heteroatoms. The molecule has 4 nitrogen and oxygen atoms in total. The van der Waals surface area contributed by atoms with Gasteiger partial charge >= 0.3 is 0 Å². The van der Waals surface area contributed by atoms with Crippen molar-refractivity contribution in [1.82, 2.24) is 10.2 Å². The molecule has 0 aromatic rings. The number of rotatable bonds is 15. The maximum absolute atomic E-state index is 12.7. The summed E-state index contributed by atoms with van der Waals surface area (Å²) in [6.07, 6.45) is 1.14. The molecule has 1 N–H and O–H groups in total. The van der Waals surface area contributed by atoms with Crippen molar-refractivity contribution in [3.8, 4) is 0 Å². The molecule has 1 heterocycles. The number of carbonyl (C=O) groups excluding carboxylic acids is 2. The monoisotopic (exact) mass is 488 g/mol. The van der Waals surface area contributed by atoms with E-state index in [4.69, 9.17) is 0 Å². The minimum absolute atomic E-state index is 0.0690. The van der Waals surface area contributed by atoms with E-state index in [2.05, 4.69) is 33.0 Å². The van der Waals surface area contributed by atoms with E-state index in [-0.39, 0.29) is 28.5 Å². The fraction of sp³-hybridized carbons (Fsp3) is 0.882. The van der Waals surface area contributed by atoms with Crippen LogP contribution in [0.5, 0.6) is 0 Å². The normalized spacial score (nSPS) is 20.7. The summed E-state index contributed by atoms with van der Waals surface area (Å²) >= 11 is 0. The van der Waals surface area contributed by atoms with Gasteiger partial charge in [-0.2, -0.15) is 0 Å². The summed E-state index contributed by atoms with van der Waals surface area (Å²) in [6.45, 7) is 10.9. The quantitative estimate of drug-likeness (QED) is 0.252. The second-order valence-electron chi connectivity index (χ2n) is 6.38. The molecule has 0 aliphatic carbocycles. The fourth-order valence-corrected chi connectivity index (χ4v) is 10.1. The van der Waals surface area contributed by atoms with Gasteiger partial charge in [0.25, 0.3) is 0 Å². The van der Waals surface area contributed by atoms with E-state index < -0.39 is 0 Å². The Morgan fingerprint density at radius 2 is 1.89 bits per heavy atom. The Labute approximate surface area is 188 Å². The minimum atomic E-state index is -0.317. The summed E-state index contributed by atoms with van der Waals surface area (Å²) in [5.41, 5.74) is 0. The molecule has 0 bridgehead atoms. The Hall–Kier alpha value is 1.20. The average molecular weight is 489 g/mol. The first-order valence-electron chi connectivity index (χ1n) is 9.22. The lowest BCUT2D eigenvalue weighted by molar-refractivity contribution is -0.135. The molecule has 0 aromatic heterocycles. The minimum Gasteiger partial charge on any atom is -0.318 e. The van der Waals surface area contributed by atoms with Crippen LogP contribution in [0.4, 0.5) is 0 Å². The van der Waals surface area contributed by atoms with Crippen LogP contribution in [0.15, 0.2) is 0 Å². The Kier molecular flexibility index (Phi) is 13.8. The van der Waals surface area contributed by atoms with E-state index in [1.54, 1.807) is 44.2 Å². The number of hydrogen-bond acceptors (Lipinski definition) is 9. The molecular formula is C17H32N2O2S6. The van der Waals surface area contributed by atoms with Crippen LogP contribution in [0.1, 0.15) is 41.0 Å². The molecular weight excluding hydrogens is 457 g/mol. The van der Waals surface area contributed by atoms with Crippen molar-refractivity contribution in [2.24, 2.45) is 0 Å². The predicted octanol–water partition coefficient (Wildman–Crippen LogP) is 5.05. The maximum Gasteiger partial charge on any atom is 0.242 e. The third-order valence-electron chi connectivity index (χ3n) is 4.17. The number of amides is 1. The molecule has 1 amide bonds. The van der Waals surface area contributed by atoms with Gasteiger partial charge in [0, 0.05) is 33.5 Å². The van der Waals surface area contributed by atoms with Crippen molar-refractivity contribution < 1.29 is 9.59 Å². The molecule has 3 unspecified atom stereocenters. The van der Waals surface area contributed by atoms with Gasteiger partial charge in [-0.1, -0.05) is 85.5 Å². The lowest BCUT2D eigenvalue weighted by Gasteiger charge is -2.26. The summed E-state index contributed by atoms with van der Waals surface area (Å²) in [7, 11) is 10.9. The topological polar surface area (TPSA) is 49.4 Å². The molecule has 0 aromatic carbocycles. The van der Waals surface area contributed by atoms with Crippen LogP contribution in [0, 0.1) is 0 Å². The highest BCUT2D eigenvalue weighted by atomic mass is 33.1. The predicted molar refractivity (Wildman–Crippen MR) is 133 cm³/mol. The van der Waals surface area contributed by atoms with E-state index in [1.807, 2.05) is 32.4 Å². The number of ketones is 1. The van der Waals surface area contributed by atoms with E-state index in [0.29, 0.717) is 12.4 Å². The van der Waals surface area contributed by atoms with E-state index in [0.717, 1.165) is 29.4 Å². The summed E-state index contributed by atoms with van der Waals surface area (Å²) in [4.78, 5) is 26.5. The lowest BCUT2D eigenvalue weighted by atomic mass is 10.1. The van der Waals surface area contributed by atoms with Gasteiger partial charge in [-0.05, 0) is 20.3 Å². The first kappa shape index (κ1) is 26.2.